The molecule has 0 bridgehead atoms. The SMILES string of the molecule is FC1=C[SH](c2cc[nH]n2)C=C1C(F)(F)F. The average molecular weight is 238 g/mol. The Labute approximate surface area is 85.0 Å². The van der Waals surface area contributed by atoms with Crippen LogP contribution in [0.1, 0.15) is 0 Å². The maximum atomic E-state index is 13.0. The zero-order chi connectivity index (χ0) is 11.1. The maximum absolute atomic E-state index is 13.0. The predicted octanol–water partition coefficient (Wildman–Crippen LogP) is 3.04. The van der Waals surface area contributed by atoms with Gasteiger partial charge in [-0.05, 0) is 16.9 Å². The van der Waals surface area contributed by atoms with E-state index in [0.29, 0.717) is 5.03 Å². The molecule has 2 rings (SSSR count). The topological polar surface area (TPSA) is 28.7 Å². The molecular weight excluding hydrogens is 232 g/mol. The second kappa shape index (κ2) is 3.41. The number of aromatic amines is 1. The molecule has 0 spiro atoms. The summed E-state index contributed by atoms with van der Waals surface area (Å²) in [6.07, 6.45) is -3.14. The first-order chi connectivity index (χ1) is 6.98. The Morgan fingerprint density at radius 1 is 1.27 bits per heavy atom. The van der Waals surface area contributed by atoms with Gasteiger partial charge in [-0.2, -0.15) is 29.2 Å². The number of halogens is 4. The fraction of sp³-hybridized carbons (Fsp3) is 0.125. The lowest BCUT2D eigenvalue weighted by Crippen LogP contribution is -2.10. The third-order valence-corrected chi connectivity index (χ3v) is 3.65. The van der Waals surface area contributed by atoms with Gasteiger partial charge in [0.1, 0.15) is 10.9 Å². The lowest BCUT2D eigenvalue weighted by atomic mass is 10.3. The minimum atomic E-state index is -4.63. The standard InChI is InChI=1S/C8H6F4N2S/c9-6-4-15(7-1-2-13-14-7)3-5(6)8(10,11)12/h1-4,15H,(H,13,14). The quantitative estimate of drug-likeness (QED) is 0.571. The second-order valence-electron chi connectivity index (χ2n) is 2.86. The number of hydrogen-bond acceptors (Lipinski definition) is 1. The lowest BCUT2D eigenvalue weighted by Gasteiger charge is -2.06. The van der Waals surface area contributed by atoms with Gasteiger partial charge in [0.15, 0.2) is 0 Å². The van der Waals surface area contributed by atoms with Gasteiger partial charge in [0.2, 0.25) is 0 Å². The van der Waals surface area contributed by atoms with E-state index in [1.165, 1.54) is 12.3 Å². The van der Waals surface area contributed by atoms with Crippen LogP contribution in [0.2, 0.25) is 0 Å². The van der Waals surface area contributed by atoms with Crippen molar-refractivity contribution in [3.05, 3.63) is 34.5 Å². The highest BCUT2D eigenvalue weighted by Crippen LogP contribution is 2.50. The zero-order valence-electron chi connectivity index (χ0n) is 7.22. The summed E-state index contributed by atoms with van der Waals surface area (Å²) in [6, 6.07) is 1.53. The van der Waals surface area contributed by atoms with Crippen molar-refractivity contribution < 1.29 is 17.6 Å². The first kappa shape index (κ1) is 10.3. The number of aromatic nitrogens is 2. The number of thiol groups is 1. The summed E-state index contributed by atoms with van der Waals surface area (Å²) < 4.78 is 49.8. The summed E-state index contributed by atoms with van der Waals surface area (Å²) in [4.78, 5) is 0. The molecule has 0 saturated carbocycles. The van der Waals surface area contributed by atoms with Gasteiger partial charge in [-0.1, -0.05) is 0 Å². The van der Waals surface area contributed by atoms with Crippen LogP contribution in [0.25, 0.3) is 0 Å². The maximum Gasteiger partial charge on any atom is 0.419 e. The van der Waals surface area contributed by atoms with Crippen molar-refractivity contribution in [3.8, 4) is 0 Å². The molecule has 0 aromatic carbocycles. The summed E-state index contributed by atoms with van der Waals surface area (Å²) in [5.41, 5.74) is -1.20. The smallest absolute Gasteiger partial charge is 0.285 e. The van der Waals surface area contributed by atoms with Crippen LogP contribution < -0.4 is 0 Å². The Balaban J connectivity index is 2.32. The van der Waals surface area contributed by atoms with Gasteiger partial charge < -0.3 is 0 Å². The molecule has 0 fully saturated rings. The van der Waals surface area contributed by atoms with E-state index in [0.717, 1.165) is 10.8 Å². The first-order valence-electron chi connectivity index (χ1n) is 3.93. The number of nitrogens with one attached hydrogen (secondary N) is 1. The minimum Gasteiger partial charge on any atom is -0.285 e. The molecule has 1 aliphatic heterocycles. The van der Waals surface area contributed by atoms with Crippen LogP contribution in [-0.2, 0) is 0 Å². The molecule has 0 saturated heterocycles. The Bertz CT molecular complexity index is 418. The van der Waals surface area contributed by atoms with Crippen molar-refractivity contribution in [2.45, 2.75) is 11.2 Å². The first-order valence-corrected chi connectivity index (χ1v) is 5.41. The molecule has 15 heavy (non-hydrogen) atoms. The van der Waals surface area contributed by atoms with Crippen LogP contribution in [0.5, 0.6) is 0 Å². The summed E-state index contributed by atoms with van der Waals surface area (Å²) >= 11 is 0. The number of nitrogens with zero attached hydrogens (tertiary/aromatic N) is 1. The molecule has 1 N–H and O–H groups in total. The van der Waals surface area contributed by atoms with Crippen LogP contribution in [0.3, 0.4) is 0 Å². The predicted molar refractivity (Wildman–Crippen MR) is 49.2 cm³/mol. The van der Waals surface area contributed by atoms with Gasteiger partial charge >= 0.3 is 6.18 Å². The van der Waals surface area contributed by atoms with Crippen molar-refractivity contribution in [1.82, 2.24) is 10.2 Å². The Morgan fingerprint density at radius 3 is 2.47 bits per heavy atom. The van der Waals surface area contributed by atoms with E-state index in [4.69, 9.17) is 0 Å². The van der Waals surface area contributed by atoms with Crippen molar-refractivity contribution in [3.63, 3.8) is 0 Å². The van der Waals surface area contributed by atoms with Crippen LogP contribution in [-0.4, -0.2) is 16.4 Å². The highest BCUT2D eigenvalue weighted by Gasteiger charge is 2.39. The van der Waals surface area contributed by atoms with Crippen molar-refractivity contribution in [1.29, 1.82) is 0 Å². The third kappa shape index (κ3) is 1.92. The molecular formula is C8H6F4N2S. The second-order valence-corrected chi connectivity index (χ2v) is 4.65. The summed E-state index contributed by atoms with van der Waals surface area (Å²) in [5.74, 6) is -1.21. The van der Waals surface area contributed by atoms with E-state index < -0.39 is 28.5 Å². The molecule has 2 nitrogen and oxygen atoms in total. The fourth-order valence-corrected chi connectivity index (χ4v) is 2.86. The Kier molecular flexibility index (Phi) is 2.34. The highest BCUT2D eigenvalue weighted by molar-refractivity contribution is 8.22. The number of rotatable bonds is 1. The molecule has 7 heteroatoms. The third-order valence-electron chi connectivity index (χ3n) is 1.83. The Hall–Kier alpha value is -1.24. The molecule has 2 heterocycles. The Morgan fingerprint density at radius 2 is 2.00 bits per heavy atom. The van der Waals surface area contributed by atoms with Crippen molar-refractivity contribution in [2.24, 2.45) is 0 Å². The fourth-order valence-electron chi connectivity index (χ4n) is 1.17. The molecule has 1 aliphatic rings. The van der Waals surface area contributed by atoms with E-state index >= 15 is 0 Å². The molecule has 1 aromatic heterocycles. The number of hydrogen-bond donors (Lipinski definition) is 2. The van der Waals surface area contributed by atoms with E-state index in [1.807, 2.05) is 0 Å². The summed E-state index contributed by atoms with van der Waals surface area (Å²) in [6.45, 7) is 0. The molecule has 82 valence electrons. The van der Waals surface area contributed by atoms with Crippen LogP contribution in [0.15, 0.2) is 39.5 Å². The molecule has 1 unspecified atom stereocenters. The van der Waals surface area contributed by atoms with Gasteiger partial charge in [-0.25, -0.2) is 4.39 Å². The molecule has 0 amide bonds. The molecule has 1 atom stereocenters. The minimum absolute atomic E-state index is 0.430. The van der Waals surface area contributed by atoms with Gasteiger partial charge in [-0.3, -0.25) is 5.10 Å². The van der Waals surface area contributed by atoms with Crippen LogP contribution in [0.4, 0.5) is 17.6 Å². The van der Waals surface area contributed by atoms with Gasteiger partial charge in [0.05, 0.1) is 5.57 Å². The number of H-pyrrole nitrogens is 1. The van der Waals surface area contributed by atoms with E-state index in [2.05, 4.69) is 10.2 Å². The van der Waals surface area contributed by atoms with Gasteiger partial charge in [0, 0.05) is 6.20 Å². The van der Waals surface area contributed by atoms with Crippen LogP contribution in [0, 0.1) is 0 Å². The normalized spacial score (nSPS) is 23.9. The molecule has 1 aromatic rings. The van der Waals surface area contributed by atoms with E-state index in [-0.39, 0.29) is 0 Å². The summed E-state index contributed by atoms with van der Waals surface area (Å²) in [7, 11) is -1.41. The van der Waals surface area contributed by atoms with E-state index in [1.54, 1.807) is 0 Å². The molecule has 0 radical (unpaired) electrons. The van der Waals surface area contributed by atoms with Crippen LogP contribution >= 0.6 is 10.9 Å². The monoisotopic (exact) mass is 238 g/mol. The zero-order valence-corrected chi connectivity index (χ0v) is 8.11. The number of allylic oxidation sites excluding steroid dienone is 2. The lowest BCUT2D eigenvalue weighted by molar-refractivity contribution is -0.0906. The van der Waals surface area contributed by atoms with Gasteiger partial charge in [0.25, 0.3) is 0 Å². The highest BCUT2D eigenvalue weighted by atomic mass is 32.2. The average Bonchev–Trinajstić information content (AvgIpc) is 2.68. The van der Waals surface area contributed by atoms with Crippen molar-refractivity contribution in [2.75, 3.05) is 0 Å². The van der Waals surface area contributed by atoms with Gasteiger partial charge in [-0.15, -0.1) is 0 Å². The molecule has 0 aliphatic carbocycles. The number of alkyl halides is 3. The van der Waals surface area contributed by atoms with E-state index in [9.17, 15) is 17.6 Å². The largest absolute Gasteiger partial charge is 0.419 e. The van der Waals surface area contributed by atoms with Crippen molar-refractivity contribution >= 4 is 10.9 Å². The summed E-state index contributed by atoms with van der Waals surface area (Å²) in [5, 5.41) is 8.50.